The average molecular weight is 314 g/mol. The number of hydrogen-bond acceptors (Lipinski definition) is 2. The summed E-state index contributed by atoms with van der Waals surface area (Å²) in [4.78, 5) is 15.9. The minimum atomic E-state index is -0.248. The third-order valence-corrected chi connectivity index (χ3v) is 4.16. The van der Waals surface area contributed by atoms with Crippen LogP contribution in [0.5, 0.6) is 0 Å². The molecule has 3 heteroatoms. The number of carbonyl (C=O) groups excluding carboxylic acids is 1. The summed E-state index contributed by atoms with van der Waals surface area (Å²) in [5.74, 6) is -0.248. The molecule has 0 fully saturated rings. The summed E-state index contributed by atoms with van der Waals surface area (Å²) in [5, 5.41) is 10.5. The molecule has 3 aromatic rings. The molecule has 0 saturated heterocycles. The molecule has 1 heterocycles. The maximum absolute atomic E-state index is 12.6. The summed E-state index contributed by atoms with van der Waals surface area (Å²) in [6, 6.07) is 15.4. The van der Waals surface area contributed by atoms with Crippen LogP contribution in [0.25, 0.3) is 17.0 Å². The first-order chi connectivity index (χ1) is 11.6. The minimum Gasteiger partial charge on any atom is -0.360 e. The van der Waals surface area contributed by atoms with Crippen molar-refractivity contribution in [2.45, 2.75) is 20.3 Å². The van der Waals surface area contributed by atoms with Gasteiger partial charge in [-0.1, -0.05) is 48.9 Å². The van der Waals surface area contributed by atoms with E-state index in [0.29, 0.717) is 5.56 Å². The Hall–Kier alpha value is -3.12. The van der Waals surface area contributed by atoms with E-state index < -0.39 is 0 Å². The Morgan fingerprint density at radius 2 is 2.04 bits per heavy atom. The van der Waals surface area contributed by atoms with Crippen LogP contribution < -0.4 is 0 Å². The minimum absolute atomic E-state index is 0.142. The van der Waals surface area contributed by atoms with Gasteiger partial charge in [-0.3, -0.25) is 4.79 Å². The van der Waals surface area contributed by atoms with Crippen molar-refractivity contribution in [1.82, 2.24) is 4.98 Å². The van der Waals surface area contributed by atoms with Gasteiger partial charge in [0.2, 0.25) is 5.78 Å². The van der Waals surface area contributed by atoms with Crippen LogP contribution in [-0.4, -0.2) is 10.8 Å². The van der Waals surface area contributed by atoms with Gasteiger partial charge in [0.25, 0.3) is 0 Å². The monoisotopic (exact) mass is 314 g/mol. The highest BCUT2D eigenvalue weighted by molar-refractivity contribution is 6.14. The van der Waals surface area contributed by atoms with Crippen LogP contribution >= 0.6 is 0 Å². The average Bonchev–Trinajstić information content (AvgIpc) is 3.02. The normalized spacial score (nSPS) is 11.5. The number of benzene rings is 2. The Bertz CT molecular complexity index is 986. The fraction of sp³-hybridized carbons (Fsp3) is 0.143. The summed E-state index contributed by atoms with van der Waals surface area (Å²) >= 11 is 0. The number of para-hydroxylation sites is 1. The molecule has 0 aliphatic rings. The molecule has 0 bridgehead atoms. The molecule has 0 aliphatic heterocycles. The number of H-pyrrole nitrogens is 1. The summed E-state index contributed by atoms with van der Waals surface area (Å²) in [7, 11) is 0. The van der Waals surface area contributed by atoms with Crippen molar-refractivity contribution in [3.63, 3.8) is 0 Å². The number of nitriles is 1. The highest BCUT2D eigenvalue weighted by Crippen LogP contribution is 2.24. The molecule has 0 atom stereocenters. The molecule has 118 valence electrons. The van der Waals surface area contributed by atoms with E-state index in [2.05, 4.69) is 18.0 Å². The molecule has 1 N–H and O–H groups in total. The van der Waals surface area contributed by atoms with Crippen LogP contribution in [0.1, 0.15) is 34.0 Å². The molecular formula is C21H18N2O. The molecule has 24 heavy (non-hydrogen) atoms. The lowest BCUT2D eigenvalue weighted by molar-refractivity contribution is 0.104. The van der Waals surface area contributed by atoms with Gasteiger partial charge in [0.1, 0.15) is 11.6 Å². The molecule has 0 aliphatic carbocycles. The van der Waals surface area contributed by atoms with Gasteiger partial charge in [0.15, 0.2) is 0 Å². The molecule has 3 rings (SSSR count). The lowest BCUT2D eigenvalue weighted by Crippen LogP contribution is -2.02. The van der Waals surface area contributed by atoms with Crippen LogP contribution in [0.4, 0.5) is 0 Å². The van der Waals surface area contributed by atoms with Crippen molar-refractivity contribution in [2.24, 2.45) is 0 Å². The Labute approximate surface area is 141 Å². The van der Waals surface area contributed by atoms with Crippen LogP contribution in [-0.2, 0) is 6.42 Å². The molecular weight excluding hydrogens is 296 g/mol. The number of aromatic nitrogens is 1. The first kappa shape index (κ1) is 15.8. The van der Waals surface area contributed by atoms with Crippen LogP contribution in [0.2, 0.25) is 0 Å². The number of rotatable bonds is 4. The fourth-order valence-electron chi connectivity index (χ4n) is 2.90. The van der Waals surface area contributed by atoms with Gasteiger partial charge in [0, 0.05) is 28.2 Å². The topological polar surface area (TPSA) is 56.6 Å². The van der Waals surface area contributed by atoms with E-state index in [1.54, 1.807) is 18.2 Å². The van der Waals surface area contributed by atoms with Crippen LogP contribution in [0.15, 0.2) is 54.2 Å². The standard InChI is InChI=1S/C21H18N2O/c1-3-15-7-5-9-19-18(13-23-20(15)19)11-17(12-22)21(24)16-8-4-6-14(2)10-16/h4-11,13,23H,3H2,1-2H3/b17-11+. The van der Waals surface area contributed by atoms with E-state index in [-0.39, 0.29) is 11.4 Å². The fourth-order valence-corrected chi connectivity index (χ4v) is 2.90. The van der Waals surface area contributed by atoms with Crippen LogP contribution in [0, 0.1) is 18.3 Å². The second-order valence-corrected chi connectivity index (χ2v) is 5.81. The van der Waals surface area contributed by atoms with Gasteiger partial charge in [-0.25, -0.2) is 0 Å². The molecule has 0 unspecified atom stereocenters. The summed E-state index contributed by atoms with van der Waals surface area (Å²) < 4.78 is 0. The van der Waals surface area contributed by atoms with Crippen molar-refractivity contribution in [3.8, 4) is 6.07 Å². The van der Waals surface area contributed by atoms with E-state index in [9.17, 15) is 10.1 Å². The predicted molar refractivity (Wildman–Crippen MR) is 96.8 cm³/mol. The van der Waals surface area contributed by atoms with Crippen molar-refractivity contribution < 1.29 is 4.79 Å². The van der Waals surface area contributed by atoms with Gasteiger partial charge in [-0.15, -0.1) is 0 Å². The largest absolute Gasteiger partial charge is 0.360 e. The van der Waals surface area contributed by atoms with Gasteiger partial charge in [0.05, 0.1) is 0 Å². The van der Waals surface area contributed by atoms with E-state index in [1.165, 1.54) is 5.56 Å². The number of nitrogens with zero attached hydrogens (tertiary/aromatic N) is 1. The van der Waals surface area contributed by atoms with E-state index in [0.717, 1.165) is 28.5 Å². The van der Waals surface area contributed by atoms with E-state index in [1.807, 2.05) is 43.5 Å². The molecule has 0 saturated carbocycles. The van der Waals surface area contributed by atoms with E-state index >= 15 is 0 Å². The zero-order valence-corrected chi connectivity index (χ0v) is 13.8. The first-order valence-corrected chi connectivity index (χ1v) is 7.96. The third-order valence-electron chi connectivity index (χ3n) is 4.16. The zero-order valence-electron chi connectivity index (χ0n) is 13.8. The quantitative estimate of drug-likeness (QED) is 0.426. The smallest absolute Gasteiger partial charge is 0.203 e. The molecule has 0 radical (unpaired) electrons. The van der Waals surface area contributed by atoms with Gasteiger partial charge in [-0.2, -0.15) is 5.26 Å². The number of carbonyl (C=O) groups is 1. The molecule has 2 aromatic carbocycles. The highest BCUT2D eigenvalue weighted by atomic mass is 16.1. The first-order valence-electron chi connectivity index (χ1n) is 7.96. The van der Waals surface area contributed by atoms with E-state index in [4.69, 9.17) is 0 Å². The number of fused-ring (bicyclic) bond motifs is 1. The molecule has 3 nitrogen and oxygen atoms in total. The SMILES string of the molecule is CCc1cccc2c(/C=C(\C#N)C(=O)c3cccc(C)c3)c[nH]c12. The van der Waals surface area contributed by atoms with Gasteiger partial charge in [-0.05, 0) is 31.1 Å². The molecule has 1 aromatic heterocycles. The zero-order chi connectivity index (χ0) is 17.1. The van der Waals surface area contributed by atoms with Crippen molar-refractivity contribution >= 4 is 22.8 Å². The molecule has 0 spiro atoms. The molecule has 0 amide bonds. The van der Waals surface area contributed by atoms with Gasteiger partial charge >= 0.3 is 0 Å². The number of allylic oxidation sites excluding steroid dienone is 1. The summed E-state index contributed by atoms with van der Waals surface area (Å²) in [6.45, 7) is 4.03. The second kappa shape index (κ2) is 6.55. The Morgan fingerprint density at radius 3 is 2.75 bits per heavy atom. The number of Topliss-reactive ketones (excluding diaryl/α,β-unsaturated/α-hetero) is 1. The maximum atomic E-state index is 12.6. The van der Waals surface area contributed by atoms with Crippen LogP contribution in [0.3, 0.4) is 0 Å². The Balaban J connectivity index is 2.06. The van der Waals surface area contributed by atoms with Crippen molar-refractivity contribution in [1.29, 1.82) is 5.26 Å². The second-order valence-electron chi connectivity index (χ2n) is 5.81. The maximum Gasteiger partial charge on any atom is 0.203 e. The third kappa shape index (κ3) is 2.87. The Morgan fingerprint density at radius 1 is 1.25 bits per heavy atom. The predicted octanol–water partition coefficient (Wildman–Crippen LogP) is 4.83. The van der Waals surface area contributed by atoms with Crippen molar-refractivity contribution in [3.05, 3.63) is 76.5 Å². The summed E-state index contributed by atoms with van der Waals surface area (Å²) in [6.07, 6.45) is 4.45. The number of aryl methyl sites for hydroxylation is 2. The number of ketones is 1. The van der Waals surface area contributed by atoms with Crippen molar-refractivity contribution in [2.75, 3.05) is 0 Å². The Kier molecular flexibility index (Phi) is 4.31. The highest BCUT2D eigenvalue weighted by Gasteiger charge is 2.14. The number of aromatic amines is 1. The lowest BCUT2D eigenvalue weighted by Gasteiger charge is -2.02. The summed E-state index contributed by atoms with van der Waals surface area (Å²) in [5.41, 5.74) is 4.82. The number of nitrogens with one attached hydrogen (secondary N) is 1. The lowest BCUT2D eigenvalue weighted by atomic mass is 10.00. The van der Waals surface area contributed by atoms with Gasteiger partial charge < -0.3 is 4.98 Å². The number of hydrogen-bond donors (Lipinski definition) is 1.